The molecule has 7 heteroatoms. The van der Waals surface area contributed by atoms with Crippen molar-refractivity contribution in [1.29, 1.82) is 0 Å². The molecule has 30 heavy (non-hydrogen) atoms. The molecule has 3 aromatic rings. The van der Waals surface area contributed by atoms with Crippen LogP contribution in [-0.4, -0.2) is 45.1 Å². The predicted octanol–water partition coefficient (Wildman–Crippen LogP) is 3.60. The molecule has 0 saturated carbocycles. The second-order valence-corrected chi connectivity index (χ2v) is 9.19. The van der Waals surface area contributed by atoms with Crippen LogP contribution in [0.3, 0.4) is 0 Å². The lowest BCUT2D eigenvalue weighted by atomic mass is 9.87. The van der Waals surface area contributed by atoms with Crippen LogP contribution in [0, 0.1) is 12.8 Å². The molecule has 1 fully saturated rings. The van der Waals surface area contributed by atoms with E-state index >= 15 is 0 Å². The normalized spacial score (nSPS) is 19.6. The number of nitrogens with zero attached hydrogens (tertiary/aromatic N) is 4. The molecule has 156 valence electrons. The van der Waals surface area contributed by atoms with E-state index in [2.05, 4.69) is 39.2 Å². The Morgan fingerprint density at radius 1 is 1.27 bits per heavy atom. The molecule has 0 N–H and O–H groups in total. The summed E-state index contributed by atoms with van der Waals surface area (Å²) in [4.78, 5) is 24.7. The Hall–Kier alpha value is -2.51. The van der Waals surface area contributed by atoms with Gasteiger partial charge in [0.05, 0.1) is 23.2 Å². The summed E-state index contributed by atoms with van der Waals surface area (Å²) in [5.74, 6) is 1.39. The second kappa shape index (κ2) is 8.32. The molecular weight excluding hydrogens is 396 g/mol. The van der Waals surface area contributed by atoms with Gasteiger partial charge >= 0.3 is 0 Å². The second-order valence-electron chi connectivity index (χ2n) is 8.13. The van der Waals surface area contributed by atoms with Gasteiger partial charge in [-0.25, -0.2) is 9.97 Å². The molecule has 1 amide bonds. The van der Waals surface area contributed by atoms with Crippen molar-refractivity contribution in [2.75, 3.05) is 19.8 Å². The molecule has 2 aromatic heterocycles. The van der Waals surface area contributed by atoms with Gasteiger partial charge in [0.1, 0.15) is 5.82 Å². The van der Waals surface area contributed by atoms with Crippen molar-refractivity contribution >= 4 is 17.2 Å². The zero-order chi connectivity index (χ0) is 20.5. The first-order chi connectivity index (χ1) is 14.7. The minimum absolute atomic E-state index is 0.0634. The molecule has 2 aliphatic rings. The van der Waals surface area contributed by atoms with E-state index in [4.69, 9.17) is 9.72 Å². The maximum Gasteiger partial charge on any atom is 0.226 e. The van der Waals surface area contributed by atoms with E-state index in [1.807, 2.05) is 24.2 Å². The highest BCUT2D eigenvalue weighted by Crippen LogP contribution is 2.34. The van der Waals surface area contributed by atoms with Crippen molar-refractivity contribution in [3.05, 3.63) is 69.7 Å². The Balaban J connectivity index is 1.45. The molecule has 2 aliphatic heterocycles. The maximum atomic E-state index is 13.3. The van der Waals surface area contributed by atoms with Crippen LogP contribution in [0.2, 0.25) is 0 Å². The fourth-order valence-corrected chi connectivity index (χ4v) is 5.22. The van der Waals surface area contributed by atoms with E-state index in [1.165, 1.54) is 11.1 Å². The fourth-order valence-electron chi connectivity index (χ4n) is 4.62. The lowest BCUT2D eigenvalue weighted by Gasteiger charge is -2.37. The number of ether oxygens (including phenoxy) is 1. The van der Waals surface area contributed by atoms with Crippen molar-refractivity contribution < 1.29 is 9.53 Å². The predicted molar refractivity (Wildman–Crippen MR) is 115 cm³/mol. The van der Waals surface area contributed by atoms with E-state index in [1.54, 1.807) is 11.3 Å². The minimum atomic E-state index is 0.0634. The third-order valence-electron chi connectivity index (χ3n) is 6.14. The number of hydrogen-bond acceptors (Lipinski definition) is 5. The zero-order valence-corrected chi connectivity index (χ0v) is 18.0. The topological polar surface area (TPSA) is 60.2 Å². The first-order valence-electron chi connectivity index (χ1n) is 10.6. The van der Waals surface area contributed by atoms with Gasteiger partial charge in [-0.15, -0.1) is 11.3 Å². The third-order valence-corrected chi connectivity index (χ3v) is 6.96. The molecule has 0 radical (unpaired) electrons. The highest BCUT2D eigenvalue weighted by molar-refractivity contribution is 7.09. The molecule has 6 nitrogen and oxygen atoms in total. The van der Waals surface area contributed by atoms with Gasteiger partial charge in [-0.2, -0.15) is 0 Å². The number of imidazole rings is 1. The first-order valence-corrected chi connectivity index (χ1v) is 11.4. The van der Waals surface area contributed by atoms with Crippen molar-refractivity contribution in [3.8, 4) is 0 Å². The summed E-state index contributed by atoms with van der Waals surface area (Å²) in [5.41, 5.74) is 3.54. The van der Waals surface area contributed by atoms with Crippen LogP contribution in [-0.2, 0) is 22.6 Å². The molecule has 0 unspecified atom stereocenters. The average molecular weight is 423 g/mol. The highest BCUT2D eigenvalue weighted by atomic mass is 32.1. The van der Waals surface area contributed by atoms with E-state index in [9.17, 15) is 4.79 Å². The van der Waals surface area contributed by atoms with Crippen LogP contribution in [0.15, 0.2) is 42.0 Å². The van der Waals surface area contributed by atoms with Crippen LogP contribution < -0.4 is 0 Å². The van der Waals surface area contributed by atoms with Gasteiger partial charge in [0, 0.05) is 50.0 Å². The lowest BCUT2D eigenvalue weighted by Crippen LogP contribution is -2.43. The van der Waals surface area contributed by atoms with Crippen molar-refractivity contribution in [2.24, 2.45) is 5.92 Å². The number of rotatable bonds is 4. The van der Waals surface area contributed by atoms with Crippen LogP contribution in [0.4, 0.5) is 0 Å². The van der Waals surface area contributed by atoms with Crippen LogP contribution >= 0.6 is 11.3 Å². The monoisotopic (exact) mass is 422 g/mol. The Bertz CT molecular complexity index is 1040. The Morgan fingerprint density at radius 2 is 2.10 bits per heavy atom. The molecule has 0 bridgehead atoms. The Morgan fingerprint density at radius 3 is 2.90 bits per heavy atom. The summed E-state index contributed by atoms with van der Waals surface area (Å²) in [6, 6.07) is 8.47. The number of benzene rings is 1. The Labute approximate surface area is 180 Å². The van der Waals surface area contributed by atoms with E-state index in [-0.39, 0.29) is 17.7 Å². The number of carbonyl (C=O) groups excluding carboxylic acids is 1. The third kappa shape index (κ3) is 3.79. The van der Waals surface area contributed by atoms with Crippen molar-refractivity contribution in [3.63, 3.8) is 0 Å². The van der Waals surface area contributed by atoms with Gasteiger partial charge in [0.15, 0.2) is 0 Å². The number of thiazole rings is 1. The zero-order valence-electron chi connectivity index (χ0n) is 17.2. The van der Waals surface area contributed by atoms with Crippen molar-refractivity contribution in [1.82, 2.24) is 19.4 Å². The van der Waals surface area contributed by atoms with Gasteiger partial charge in [0.25, 0.3) is 0 Å². The number of hydrogen-bond donors (Lipinski definition) is 0. The van der Waals surface area contributed by atoms with Crippen LogP contribution in [0.25, 0.3) is 0 Å². The quantitative estimate of drug-likeness (QED) is 0.645. The summed E-state index contributed by atoms with van der Waals surface area (Å²) in [7, 11) is 0. The lowest BCUT2D eigenvalue weighted by molar-refractivity contribution is -0.139. The highest BCUT2D eigenvalue weighted by Gasteiger charge is 2.34. The molecule has 0 spiro atoms. The summed E-state index contributed by atoms with van der Waals surface area (Å²) in [6.07, 6.45) is 5.52. The molecule has 4 heterocycles. The van der Waals surface area contributed by atoms with E-state index in [0.717, 1.165) is 29.4 Å². The Kier molecular flexibility index (Phi) is 5.39. The van der Waals surface area contributed by atoms with Crippen LogP contribution in [0.1, 0.15) is 46.4 Å². The van der Waals surface area contributed by atoms with Gasteiger partial charge in [-0.05, 0) is 30.9 Å². The smallest absolute Gasteiger partial charge is 0.226 e. The van der Waals surface area contributed by atoms with E-state index < -0.39 is 0 Å². The SMILES string of the molecule is Cc1nc(Cn2ccnc2[C@H]2CN(C(=O)C3CCOCC3)Cc3ccccc32)cs1. The summed E-state index contributed by atoms with van der Waals surface area (Å²) in [5, 5.41) is 3.18. The molecule has 1 aromatic carbocycles. The first kappa shape index (κ1) is 19.5. The average Bonchev–Trinajstić information content (AvgIpc) is 3.42. The molecule has 5 rings (SSSR count). The number of carbonyl (C=O) groups is 1. The van der Waals surface area contributed by atoms with Gasteiger partial charge in [-0.1, -0.05) is 24.3 Å². The summed E-state index contributed by atoms with van der Waals surface area (Å²) >= 11 is 1.67. The van der Waals surface area contributed by atoms with Crippen LogP contribution in [0.5, 0.6) is 0 Å². The fraction of sp³-hybridized carbons (Fsp3) is 0.435. The number of amides is 1. The number of fused-ring (bicyclic) bond motifs is 1. The molecule has 1 saturated heterocycles. The molecule has 1 atom stereocenters. The largest absolute Gasteiger partial charge is 0.381 e. The van der Waals surface area contributed by atoms with Gasteiger partial charge < -0.3 is 14.2 Å². The number of aromatic nitrogens is 3. The van der Waals surface area contributed by atoms with Gasteiger partial charge in [0.2, 0.25) is 5.91 Å². The van der Waals surface area contributed by atoms with E-state index in [0.29, 0.717) is 32.8 Å². The molecule has 0 aliphatic carbocycles. The number of aryl methyl sites for hydroxylation is 1. The summed E-state index contributed by atoms with van der Waals surface area (Å²) in [6.45, 7) is 5.44. The minimum Gasteiger partial charge on any atom is -0.381 e. The van der Waals surface area contributed by atoms with Crippen molar-refractivity contribution in [2.45, 2.75) is 38.8 Å². The maximum absolute atomic E-state index is 13.3. The van der Waals surface area contributed by atoms with Gasteiger partial charge in [-0.3, -0.25) is 4.79 Å². The molecular formula is C23H26N4O2S. The standard InChI is InChI=1S/C23H26N4O2S/c1-16-25-19(15-30-16)13-26-9-8-24-22(26)21-14-27(12-18-4-2-3-5-20(18)21)23(28)17-6-10-29-11-7-17/h2-5,8-9,15,17,21H,6-7,10-14H2,1H3/t21-/m0/s1. The summed E-state index contributed by atoms with van der Waals surface area (Å²) < 4.78 is 7.64.